The van der Waals surface area contributed by atoms with Gasteiger partial charge in [0, 0.05) is 11.3 Å². The largest absolute Gasteiger partial charge is 0.322 e. The molecule has 0 saturated carbocycles. The smallest absolute Gasteiger partial charge is 0.257 e. The van der Waals surface area contributed by atoms with E-state index in [0.29, 0.717) is 16.8 Å². The Hall–Kier alpha value is -3.40. The third-order valence-electron chi connectivity index (χ3n) is 4.29. The van der Waals surface area contributed by atoms with Gasteiger partial charge in [-0.1, -0.05) is 62.4 Å². The molecule has 2 N–H and O–H groups in total. The van der Waals surface area contributed by atoms with Gasteiger partial charge in [-0.05, 0) is 41.8 Å². The highest BCUT2D eigenvalue weighted by Gasteiger charge is 2.16. The molecular weight excluding hydrogens is 336 g/mol. The molecule has 0 aliphatic heterocycles. The van der Waals surface area contributed by atoms with Crippen LogP contribution in [-0.2, 0) is 0 Å². The van der Waals surface area contributed by atoms with Crippen LogP contribution in [0.4, 0.5) is 11.4 Å². The van der Waals surface area contributed by atoms with E-state index in [9.17, 15) is 9.59 Å². The van der Waals surface area contributed by atoms with Crippen LogP contribution in [-0.4, -0.2) is 11.8 Å². The van der Waals surface area contributed by atoms with Crippen molar-refractivity contribution in [2.75, 3.05) is 10.6 Å². The van der Waals surface area contributed by atoms with E-state index in [1.165, 1.54) is 0 Å². The van der Waals surface area contributed by atoms with E-state index < -0.39 is 0 Å². The second kappa shape index (κ2) is 8.32. The molecule has 0 saturated heterocycles. The fourth-order valence-electron chi connectivity index (χ4n) is 2.88. The van der Waals surface area contributed by atoms with Crippen LogP contribution < -0.4 is 10.6 Å². The SMILES string of the molecule is CC(C)c1ccccc1NC(=O)c1ccccc1NC(=O)c1ccccc1. The van der Waals surface area contributed by atoms with Gasteiger partial charge < -0.3 is 10.6 Å². The first kappa shape index (κ1) is 18.4. The summed E-state index contributed by atoms with van der Waals surface area (Å²) in [5.41, 5.74) is 3.28. The highest BCUT2D eigenvalue weighted by molar-refractivity contribution is 6.12. The van der Waals surface area contributed by atoms with E-state index in [1.807, 2.05) is 30.3 Å². The first-order valence-corrected chi connectivity index (χ1v) is 8.92. The molecule has 4 heteroatoms. The zero-order valence-corrected chi connectivity index (χ0v) is 15.4. The zero-order valence-electron chi connectivity index (χ0n) is 15.4. The highest BCUT2D eigenvalue weighted by Crippen LogP contribution is 2.25. The van der Waals surface area contributed by atoms with Crippen molar-refractivity contribution in [3.8, 4) is 0 Å². The van der Waals surface area contributed by atoms with Crippen molar-refractivity contribution in [2.45, 2.75) is 19.8 Å². The summed E-state index contributed by atoms with van der Waals surface area (Å²) in [6.45, 7) is 4.16. The normalized spacial score (nSPS) is 10.5. The van der Waals surface area contributed by atoms with E-state index in [2.05, 4.69) is 24.5 Å². The fourth-order valence-corrected chi connectivity index (χ4v) is 2.88. The molecule has 0 unspecified atom stereocenters. The Morgan fingerprint density at radius 2 is 1.22 bits per heavy atom. The van der Waals surface area contributed by atoms with Gasteiger partial charge in [0.25, 0.3) is 11.8 Å². The lowest BCUT2D eigenvalue weighted by molar-refractivity contribution is 0.102. The van der Waals surface area contributed by atoms with Gasteiger partial charge >= 0.3 is 0 Å². The number of hydrogen-bond acceptors (Lipinski definition) is 2. The average molecular weight is 358 g/mol. The molecule has 0 radical (unpaired) electrons. The van der Waals surface area contributed by atoms with E-state index >= 15 is 0 Å². The van der Waals surface area contributed by atoms with Crippen LogP contribution in [0.2, 0.25) is 0 Å². The molecule has 0 aliphatic carbocycles. The Labute approximate surface area is 159 Å². The Bertz CT molecular complexity index is 949. The summed E-state index contributed by atoms with van der Waals surface area (Å²) in [5.74, 6) is -0.222. The second-order valence-corrected chi connectivity index (χ2v) is 6.56. The number of carbonyl (C=O) groups is 2. The minimum atomic E-state index is -0.257. The molecule has 0 spiro atoms. The molecule has 3 aromatic carbocycles. The summed E-state index contributed by atoms with van der Waals surface area (Å²) in [5, 5.41) is 5.80. The van der Waals surface area contributed by atoms with Crippen LogP contribution in [0.5, 0.6) is 0 Å². The summed E-state index contributed by atoms with van der Waals surface area (Å²) < 4.78 is 0. The van der Waals surface area contributed by atoms with Gasteiger partial charge in [0.05, 0.1) is 11.3 Å². The topological polar surface area (TPSA) is 58.2 Å². The summed E-state index contributed by atoms with van der Waals surface area (Å²) in [7, 11) is 0. The van der Waals surface area contributed by atoms with Crippen LogP contribution >= 0.6 is 0 Å². The Kier molecular flexibility index (Phi) is 5.67. The van der Waals surface area contributed by atoms with Crippen LogP contribution in [0.15, 0.2) is 78.9 Å². The minimum absolute atomic E-state index is 0.251. The molecule has 3 rings (SSSR count). The molecule has 136 valence electrons. The third kappa shape index (κ3) is 4.42. The molecule has 27 heavy (non-hydrogen) atoms. The maximum absolute atomic E-state index is 12.9. The molecule has 0 aromatic heterocycles. The Morgan fingerprint density at radius 1 is 0.667 bits per heavy atom. The standard InChI is InChI=1S/C23H22N2O2/c1-16(2)18-12-6-8-14-20(18)25-23(27)19-13-7-9-15-21(19)24-22(26)17-10-4-3-5-11-17/h3-16H,1-2H3,(H,24,26)(H,25,27). The number of anilines is 2. The van der Waals surface area contributed by atoms with Crippen molar-refractivity contribution in [2.24, 2.45) is 0 Å². The molecule has 0 heterocycles. The van der Waals surface area contributed by atoms with Gasteiger partial charge in [-0.2, -0.15) is 0 Å². The molecule has 0 aliphatic rings. The van der Waals surface area contributed by atoms with Gasteiger partial charge in [-0.3, -0.25) is 9.59 Å². The summed E-state index contributed by atoms with van der Waals surface area (Å²) in [4.78, 5) is 25.3. The quantitative estimate of drug-likeness (QED) is 0.649. The number of nitrogens with one attached hydrogen (secondary N) is 2. The number of para-hydroxylation sites is 2. The lowest BCUT2D eigenvalue weighted by atomic mass is 10.0. The van der Waals surface area contributed by atoms with Crippen molar-refractivity contribution in [1.29, 1.82) is 0 Å². The number of amides is 2. The summed E-state index contributed by atoms with van der Waals surface area (Å²) in [6.07, 6.45) is 0. The van der Waals surface area contributed by atoms with Gasteiger partial charge in [-0.25, -0.2) is 0 Å². The van der Waals surface area contributed by atoms with Gasteiger partial charge in [0.1, 0.15) is 0 Å². The van der Waals surface area contributed by atoms with Gasteiger partial charge in [0.15, 0.2) is 0 Å². The highest BCUT2D eigenvalue weighted by atomic mass is 16.2. The van der Waals surface area contributed by atoms with Crippen LogP contribution in [0.1, 0.15) is 46.0 Å². The number of hydrogen-bond donors (Lipinski definition) is 2. The van der Waals surface area contributed by atoms with Crippen LogP contribution in [0, 0.1) is 0 Å². The maximum atomic E-state index is 12.9. The van der Waals surface area contributed by atoms with Crippen molar-refractivity contribution >= 4 is 23.2 Å². The lowest BCUT2D eigenvalue weighted by Crippen LogP contribution is -2.18. The molecular formula is C23H22N2O2. The van der Waals surface area contributed by atoms with Crippen LogP contribution in [0.3, 0.4) is 0 Å². The predicted octanol–water partition coefficient (Wildman–Crippen LogP) is 5.31. The van der Waals surface area contributed by atoms with E-state index in [1.54, 1.807) is 48.5 Å². The lowest BCUT2D eigenvalue weighted by Gasteiger charge is -2.15. The summed E-state index contributed by atoms with van der Waals surface area (Å²) >= 11 is 0. The zero-order chi connectivity index (χ0) is 19.2. The van der Waals surface area contributed by atoms with E-state index in [-0.39, 0.29) is 17.7 Å². The molecule has 0 atom stereocenters. The Balaban J connectivity index is 1.84. The van der Waals surface area contributed by atoms with Crippen molar-refractivity contribution in [3.63, 3.8) is 0 Å². The number of rotatable bonds is 5. The van der Waals surface area contributed by atoms with Crippen molar-refractivity contribution < 1.29 is 9.59 Å². The molecule has 2 amide bonds. The van der Waals surface area contributed by atoms with Gasteiger partial charge in [-0.15, -0.1) is 0 Å². The van der Waals surface area contributed by atoms with Crippen molar-refractivity contribution in [3.05, 3.63) is 95.6 Å². The molecule has 0 bridgehead atoms. The van der Waals surface area contributed by atoms with Gasteiger partial charge in [0.2, 0.25) is 0 Å². The first-order chi connectivity index (χ1) is 13.1. The molecule has 0 fully saturated rings. The first-order valence-electron chi connectivity index (χ1n) is 8.92. The van der Waals surface area contributed by atoms with Crippen molar-refractivity contribution in [1.82, 2.24) is 0 Å². The summed E-state index contributed by atoms with van der Waals surface area (Å²) in [6, 6.07) is 23.7. The van der Waals surface area contributed by atoms with E-state index in [4.69, 9.17) is 0 Å². The minimum Gasteiger partial charge on any atom is -0.322 e. The molecule has 4 nitrogen and oxygen atoms in total. The molecule has 3 aromatic rings. The van der Waals surface area contributed by atoms with Crippen LogP contribution in [0.25, 0.3) is 0 Å². The average Bonchev–Trinajstić information content (AvgIpc) is 2.69. The monoisotopic (exact) mass is 358 g/mol. The second-order valence-electron chi connectivity index (χ2n) is 6.56. The fraction of sp³-hybridized carbons (Fsp3) is 0.130. The third-order valence-corrected chi connectivity index (χ3v) is 4.29. The predicted molar refractivity (Wildman–Crippen MR) is 109 cm³/mol. The number of carbonyl (C=O) groups excluding carboxylic acids is 2. The van der Waals surface area contributed by atoms with E-state index in [0.717, 1.165) is 11.3 Å². The Morgan fingerprint density at radius 3 is 1.93 bits per heavy atom. The maximum Gasteiger partial charge on any atom is 0.257 e. The number of benzene rings is 3.